The van der Waals surface area contributed by atoms with Crippen LogP contribution in [0.2, 0.25) is 0 Å². The summed E-state index contributed by atoms with van der Waals surface area (Å²) >= 11 is 0. The van der Waals surface area contributed by atoms with E-state index < -0.39 is 5.97 Å². The van der Waals surface area contributed by atoms with Gasteiger partial charge < -0.3 is 5.11 Å². The molecule has 0 spiro atoms. The largest absolute Gasteiger partial charge is 0.476 e. The Bertz CT molecular complexity index is 552. The van der Waals surface area contributed by atoms with Crippen molar-refractivity contribution in [2.24, 2.45) is 0 Å². The van der Waals surface area contributed by atoms with Gasteiger partial charge in [0, 0.05) is 11.6 Å². The van der Waals surface area contributed by atoms with E-state index in [1.54, 1.807) is 23.0 Å². The number of aromatic nitrogens is 3. The molecule has 2 rings (SSSR count). The standard InChI is InChI=1S/C11H13N3O2/c1-11(2,3)10-13-8(9(15)16)7-4-5-12-6-14(7)10/h4-6H,1-3H3,(H,15,16). The Labute approximate surface area is 92.8 Å². The third kappa shape index (κ3) is 1.54. The molecule has 2 aromatic rings. The molecular formula is C11H13N3O2. The summed E-state index contributed by atoms with van der Waals surface area (Å²) in [7, 11) is 0. The first-order chi connectivity index (χ1) is 7.41. The molecule has 2 heterocycles. The lowest BCUT2D eigenvalue weighted by atomic mass is 9.96. The molecule has 0 saturated carbocycles. The van der Waals surface area contributed by atoms with E-state index in [4.69, 9.17) is 5.11 Å². The van der Waals surface area contributed by atoms with E-state index in [1.807, 2.05) is 20.8 Å². The van der Waals surface area contributed by atoms with Crippen molar-refractivity contribution >= 4 is 11.5 Å². The summed E-state index contributed by atoms with van der Waals surface area (Å²) in [6.45, 7) is 5.96. The number of carboxylic acid groups (broad SMARTS) is 1. The molecule has 0 aromatic carbocycles. The number of fused-ring (bicyclic) bond motifs is 1. The van der Waals surface area contributed by atoms with Gasteiger partial charge in [0.05, 0.1) is 5.52 Å². The quantitative estimate of drug-likeness (QED) is 0.793. The predicted molar refractivity (Wildman–Crippen MR) is 58.6 cm³/mol. The molecule has 0 fully saturated rings. The number of rotatable bonds is 1. The predicted octanol–water partition coefficient (Wildman–Crippen LogP) is 1.72. The molecule has 16 heavy (non-hydrogen) atoms. The highest BCUT2D eigenvalue weighted by molar-refractivity contribution is 5.93. The fraction of sp³-hybridized carbons (Fsp3) is 0.364. The van der Waals surface area contributed by atoms with Gasteiger partial charge in [-0.05, 0) is 6.07 Å². The molecule has 0 amide bonds. The Balaban J connectivity index is 2.82. The van der Waals surface area contributed by atoms with Crippen LogP contribution in [-0.4, -0.2) is 25.4 Å². The van der Waals surface area contributed by atoms with Gasteiger partial charge in [0.2, 0.25) is 0 Å². The van der Waals surface area contributed by atoms with Crippen molar-refractivity contribution in [1.82, 2.24) is 14.4 Å². The van der Waals surface area contributed by atoms with Crippen LogP contribution in [0.1, 0.15) is 37.1 Å². The first-order valence-corrected chi connectivity index (χ1v) is 4.97. The number of carbonyl (C=O) groups is 1. The van der Waals surface area contributed by atoms with Crippen molar-refractivity contribution in [3.8, 4) is 0 Å². The summed E-state index contributed by atoms with van der Waals surface area (Å²) < 4.78 is 1.73. The molecule has 0 atom stereocenters. The van der Waals surface area contributed by atoms with Crippen LogP contribution < -0.4 is 0 Å². The number of hydrogen-bond acceptors (Lipinski definition) is 3. The average molecular weight is 219 g/mol. The topological polar surface area (TPSA) is 67.5 Å². The van der Waals surface area contributed by atoms with E-state index in [1.165, 1.54) is 0 Å². The van der Waals surface area contributed by atoms with Crippen LogP contribution in [0.25, 0.3) is 5.52 Å². The summed E-state index contributed by atoms with van der Waals surface area (Å²) in [6.07, 6.45) is 3.16. The van der Waals surface area contributed by atoms with Gasteiger partial charge in [-0.2, -0.15) is 0 Å². The van der Waals surface area contributed by atoms with Crippen LogP contribution >= 0.6 is 0 Å². The zero-order chi connectivity index (χ0) is 11.9. The molecule has 0 bridgehead atoms. The highest BCUT2D eigenvalue weighted by Crippen LogP contribution is 2.23. The summed E-state index contributed by atoms with van der Waals surface area (Å²) in [5.74, 6) is -0.313. The molecule has 0 aliphatic rings. The monoisotopic (exact) mass is 219 g/mol. The second-order valence-electron chi connectivity index (χ2n) is 4.67. The van der Waals surface area contributed by atoms with E-state index in [9.17, 15) is 4.79 Å². The van der Waals surface area contributed by atoms with E-state index in [0.717, 1.165) is 0 Å². The van der Waals surface area contributed by atoms with E-state index in [2.05, 4.69) is 9.97 Å². The van der Waals surface area contributed by atoms with Crippen molar-refractivity contribution in [2.45, 2.75) is 26.2 Å². The van der Waals surface area contributed by atoms with Gasteiger partial charge in [-0.3, -0.25) is 4.40 Å². The van der Waals surface area contributed by atoms with Gasteiger partial charge in [0.15, 0.2) is 5.69 Å². The van der Waals surface area contributed by atoms with Gasteiger partial charge in [0.25, 0.3) is 0 Å². The Kier molecular flexibility index (Phi) is 2.18. The minimum atomic E-state index is -1.01. The lowest BCUT2D eigenvalue weighted by Crippen LogP contribution is -2.16. The lowest BCUT2D eigenvalue weighted by molar-refractivity contribution is 0.0693. The SMILES string of the molecule is CC(C)(C)c1nc(C(=O)O)c2ccncn12. The highest BCUT2D eigenvalue weighted by atomic mass is 16.4. The highest BCUT2D eigenvalue weighted by Gasteiger charge is 2.24. The second kappa shape index (κ2) is 3.30. The van der Waals surface area contributed by atoms with Crippen LogP contribution in [-0.2, 0) is 5.41 Å². The minimum Gasteiger partial charge on any atom is -0.476 e. The van der Waals surface area contributed by atoms with E-state index in [0.29, 0.717) is 11.3 Å². The smallest absolute Gasteiger partial charge is 0.356 e. The summed E-state index contributed by atoms with van der Waals surface area (Å²) in [6, 6.07) is 1.66. The first kappa shape index (κ1) is 10.6. The summed E-state index contributed by atoms with van der Waals surface area (Å²) in [5, 5.41) is 9.07. The molecule has 5 nitrogen and oxygen atoms in total. The van der Waals surface area contributed by atoms with Gasteiger partial charge in [0.1, 0.15) is 12.2 Å². The minimum absolute atomic E-state index is 0.0762. The van der Waals surface area contributed by atoms with Gasteiger partial charge in [-0.15, -0.1) is 0 Å². The Morgan fingerprint density at radius 1 is 1.44 bits per heavy atom. The molecule has 2 aromatic heterocycles. The van der Waals surface area contributed by atoms with Crippen molar-refractivity contribution in [1.29, 1.82) is 0 Å². The second-order valence-corrected chi connectivity index (χ2v) is 4.67. The maximum atomic E-state index is 11.1. The van der Waals surface area contributed by atoms with Crippen molar-refractivity contribution in [3.05, 3.63) is 30.1 Å². The van der Waals surface area contributed by atoms with E-state index in [-0.39, 0.29) is 11.1 Å². The number of hydrogen-bond donors (Lipinski definition) is 1. The molecule has 0 aliphatic carbocycles. The van der Waals surface area contributed by atoms with Crippen molar-refractivity contribution in [3.63, 3.8) is 0 Å². The Morgan fingerprint density at radius 2 is 2.12 bits per heavy atom. The van der Waals surface area contributed by atoms with Crippen LogP contribution in [0.5, 0.6) is 0 Å². The fourth-order valence-corrected chi connectivity index (χ4v) is 1.63. The van der Waals surface area contributed by atoms with Crippen LogP contribution in [0.4, 0.5) is 0 Å². The molecule has 0 unspecified atom stereocenters. The third-order valence-electron chi connectivity index (χ3n) is 2.32. The number of carboxylic acids is 1. The van der Waals surface area contributed by atoms with Gasteiger partial charge in [-0.25, -0.2) is 14.8 Å². The van der Waals surface area contributed by atoms with Crippen LogP contribution in [0.15, 0.2) is 18.6 Å². The average Bonchev–Trinajstić information content (AvgIpc) is 2.56. The van der Waals surface area contributed by atoms with Gasteiger partial charge >= 0.3 is 5.97 Å². The first-order valence-electron chi connectivity index (χ1n) is 4.97. The molecule has 84 valence electrons. The van der Waals surface area contributed by atoms with Crippen LogP contribution in [0, 0.1) is 0 Å². The number of aromatic carboxylic acids is 1. The van der Waals surface area contributed by atoms with E-state index >= 15 is 0 Å². The van der Waals surface area contributed by atoms with Gasteiger partial charge in [-0.1, -0.05) is 20.8 Å². The zero-order valence-corrected chi connectivity index (χ0v) is 9.43. The maximum absolute atomic E-state index is 11.1. The molecule has 0 aliphatic heterocycles. The van der Waals surface area contributed by atoms with Crippen LogP contribution in [0.3, 0.4) is 0 Å². The zero-order valence-electron chi connectivity index (χ0n) is 9.43. The molecule has 0 radical (unpaired) electrons. The summed E-state index contributed by atoms with van der Waals surface area (Å²) in [5.41, 5.74) is 0.430. The third-order valence-corrected chi connectivity index (χ3v) is 2.32. The van der Waals surface area contributed by atoms with Crippen molar-refractivity contribution in [2.75, 3.05) is 0 Å². The Hall–Kier alpha value is -1.91. The maximum Gasteiger partial charge on any atom is 0.356 e. The molecule has 5 heteroatoms. The Morgan fingerprint density at radius 3 is 2.69 bits per heavy atom. The number of imidazole rings is 1. The van der Waals surface area contributed by atoms with Crippen molar-refractivity contribution < 1.29 is 9.90 Å². The lowest BCUT2D eigenvalue weighted by Gasteiger charge is -2.16. The normalized spacial score (nSPS) is 11.9. The molecule has 0 saturated heterocycles. The number of nitrogens with zero attached hydrogens (tertiary/aromatic N) is 3. The molecular weight excluding hydrogens is 206 g/mol. The summed E-state index contributed by atoms with van der Waals surface area (Å²) in [4.78, 5) is 19.2. The fourth-order valence-electron chi connectivity index (χ4n) is 1.63. The molecule has 1 N–H and O–H groups in total.